The molecule has 12 rings (SSSR count). The van der Waals surface area contributed by atoms with Crippen LogP contribution >= 0.6 is 11.3 Å². The molecule has 5 nitrogen and oxygen atoms in total. The van der Waals surface area contributed by atoms with Crippen LogP contribution in [-0.4, -0.2) is 19.9 Å². The molecule has 0 amide bonds. The van der Waals surface area contributed by atoms with Crippen LogP contribution in [0.15, 0.2) is 211 Å². The number of nitrogens with zero attached hydrogens (tertiary/aromatic N) is 4. The average molecular weight is 811 g/mol. The van der Waals surface area contributed by atoms with Crippen molar-refractivity contribution >= 4 is 53.4 Å². The molecule has 0 unspecified atom stereocenters. The van der Waals surface area contributed by atoms with E-state index in [-0.39, 0.29) is 0 Å². The second kappa shape index (κ2) is 14.9. The minimum Gasteiger partial charge on any atom is -0.455 e. The molecule has 6 heteroatoms. The maximum Gasteiger partial charge on any atom is 0.160 e. The van der Waals surface area contributed by atoms with Crippen LogP contribution in [0.3, 0.4) is 0 Å². The molecule has 0 radical (unpaired) electrons. The molecule has 4 aromatic heterocycles. The van der Waals surface area contributed by atoms with Gasteiger partial charge in [-0.15, -0.1) is 11.3 Å². The Kier molecular flexibility index (Phi) is 8.61. The molecule has 8 aromatic carbocycles. The summed E-state index contributed by atoms with van der Waals surface area (Å²) in [5.41, 5.74) is 13.8. The molecule has 290 valence electrons. The Bertz CT molecular complexity index is 3600. The van der Waals surface area contributed by atoms with Gasteiger partial charge in [-0.05, 0) is 58.7 Å². The van der Waals surface area contributed by atoms with E-state index in [1.165, 1.54) is 25.7 Å². The predicted molar refractivity (Wildman–Crippen MR) is 256 cm³/mol. The molecule has 0 aliphatic carbocycles. The van der Waals surface area contributed by atoms with Gasteiger partial charge in [-0.25, -0.2) is 19.9 Å². The van der Waals surface area contributed by atoms with Crippen LogP contribution in [-0.2, 0) is 0 Å². The normalized spacial score (nSPS) is 11.5. The second-order valence-electron chi connectivity index (χ2n) is 15.4. The maximum atomic E-state index is 6.72. The lowest BCUT2D eigenvalue weighted by Crippen LogP contribution is -1.96. The van der Waals surface area contributed by atoms with Crippen LogP contribution in [0.5, 0.6) is 0 Å². The van der Waals surface area contributed by atoms with Gasteiger partial charge in [0.25, 0.3) is 0 Å². The van der Waals surface area contributed by atoms with E-state index in [9.17, 15) is 0 Å². The number of benzene rings is 8. The Morgan fingerprint density at radius 2 is 0.903 bits per heavy atom. The lowest BCUT2D eigenvalue weighted by molar-refractivity contribution is 0.670. The van der Waals surface area contributed by atoms with Gasteiger partial charge in [-0.1, -0.05) is 158 Å². The van der Waals surface area contributed by atoms with Crippen LogP contribution in [0.1, 0.15) is 0 Å². The first-order valence-corrected chi connectivity index (χ1v) is 21.4. The van der Waals surface area contributed by atoms with Gasteiger partial charge in [-0.3, -0.25) is 0 Å². The standard InChI is InChI=1S/C56H34N4OS/c1-3-11-37(12-4-1)48-32-49(60-56(59-48)40-25-19-35(20-26-40)42-33-57-55(58-34-42)39-13-5-2-6-14-39)38-23-21-36(22-24-38)44-29-28-43(53-46-16-7-9-17-50(46)61-54(44)53)41-27-30-52-47(31-41)45-15-8-10-18-51(45)62-52/h1-34H. The van der Waals surface area contributed by atoms with E-state index in [0.29, 0.717) is 11.6 Å². The first kappa shape index (κ1) is 35.8. The fraction of sp³-hybridized carbons (Fsp3) is 0. The third-order valence-electron chi connectivity index (χ3n) is 11.7. The lowest BCUT2D eigenvalue weighted by atomic mass is 9.93. The SMILES string of the molecule is c1ccc(-c2cc(-c3ccc(-c4ccc(-c5ccc6sc7ccccc7c6c5)c5c4oc4ccccc45)cc3)nc(-c3ccc(-c4cnc(-c5ccccc5)nc4)cc3)n2)cc1. The van der Waals surface area contributed by atoms with E-state index < -0.39 is 0 Å². The van der Waals surface area contributed by atoms with Crippen molar-refractivity contribution in [3.05, 3.63) is 207 Å². The summed E-state index contributed by atoms with van der Waals surface area (Å²) in [5.74, 6) is 1.36. The first-order chi connectivity index (χ1) is 30.7. The smallest absolute Gasteiger partial charge is 0.160 e. The predicted octanol–water partition coefficient (Wildman–Crippen LogP) is 15.2. The number of thiophene rings is 1. The van der Waals surface area contributed by atoms with Gasteiger partial charge in [-0.2, -0.15) is 0 Å². The number of para-hydroxylation sites is 1. The first-order valence-electron chi connectivity index (χ1n) is 20.6. The van der Waals surface area contributed by atoms with Gasteiger partial charge < -0.3 is 4.42 Å². The highest BCUT2D eigenvalue weighted by molar-refractivity contribution is 7.25. The highest BCUT2D eigenvalue weighted by atomic mass is 32.1. The molecule has 12 aromatic rings. The zero-order chi connectivity index (χ0) is 41.0. The average Bonchev–Trinajstić information content (AvgIpc) is 3.93. The third-order valence-corrected chi connectivity index (χ3v) is 12.8. The van der Waals surface area contributed by atoms with Crippen LogP contribution in [0.4, 0.5) is 0 Å². The monoisotopic (exact) mass is 810 g/mol. The van der Waals surface area contributed by atoms with Crippen LogP contribution < -0.4 is 0 Å². The van der Waals surface area contributed by atoms with Crippen molar-refractivity contribution in [1.82, 2.24) is 19.9 Å². The highest BCUT2D eigenvalue weighted by Crippen LogP contribution is 2.44. The molecule has 62 heavy (non-hydrogen) atoms. The van der Waals surface area contributed by atoms with Crippen molar-refractivity contribution in [3.63, 3.8) is 0 Å². The molecule has 0 saturated heterocycles. The van der Waals surface area contributed by atoms with Crippen molar-refractivity contribution in [2.75, 3.05) is 0 Å². The van der Waals surface area contributed by atoms with E-state index >= 15 is 0 Å². The third kappa shape index (κ3) is 6.33. The summed E-state index contributed by atoms with van der Waals surface area (Å²) in [6, 6.07) is 67.6. The molecular weight excluding hydrogens is 777 g/mol. The fourth-order valence-electron chi connectivity index (χ4n) is 8.52. The number of hydrogen-bond acceptors (Lipinski definition) is 6. The molecule has 0 spiro atoms. The maximum absolute atomic E-state index is 6.72. The van der Waals surface area contributed by atoms with Crippen LogP contribution in [0, 0.1) is 0 Å². The Balaban J connectivity index is 0.908. The van der Waals surface area contributed by atoms with E-state index in [0.717, 1.165) is 83.4 Å². The minimum atomic E-state index is 0.654. The number of furan rings is 1. The van der Waals surface area contributed by atoms with Gasteiger partial charge >= 0.3 is 0 Å². The van der Waals surface area contributed by atoms with Crippen LogP contribution in [0.2, 0.25) is 0 Å². The summed E-state index contributed by atoms with van der Waals surface area (Å²) in [5, 5.41) is 4.80. The lowest BCUT2D eigenvalue weighted by Gasteiger charge is -2.11. The summed E-state index contributed by atoms with van der Waals surface area (Å²) < 4.78 is 9.32. The molecule has 0 N–H and O–H groups in total. The summed E-state index contributed by atoms with van der Waals surface area (Å²) in [6.07, 6.45) is 3.75. The van der Waals surface area contributed by atoms with Gasteiger partial charge in [0.15, 0.2) is 11.6 Å². The summed E-state index contributed by atoms with van der Waals surface area (Å²) >= 11 is 1.84. The van der Waals surface area contributed by atoms with E-state index in [4.69, 9.17) is 14.4 Å². The van der Waals surface area contributed by atoms with Crippen molar-refractivity contribution < 1.29 is 4.42 Å². The molecule has 0 atom stereocenters. The van der Waals surface area contributed by atoms with E-state index in [1.807, 2.05) is 78.3 Å². The minimum absolute atomic E-state index is 0.654. The summed E-state index contributed by atoms with van der Waals surface area (Å²) in [7, 11) is 0. The van der Waals surface area contributed by atoms with Crippen LogP contribution in [0.25, 0.3) is 121 Å². The molecule has 0 fully saturated rings. The number of fused-ring (bicyclic) bond motifs is 6. The van der Waals surface area contributed by atoms with Gasteiger partial charge in [0.1, 0.15) is 11.2 Å². The Hall–Kier alpha value is -8.06. The zero-order valence-electron chi connectivity index (χ0n) is 33.2. The zero-order valence-corrected chi connectivity index (χ0v) is 34.1. The van der Waals surface area contributed by atoms with E-state index in [1.54, 1.807) is 0 Å². The second-order valence-corrected chi connectivity index (χ2v) is 16.5. The Morgan fingerprint density at radius 1 is 0.355 bits per heavy atom. The van der Waals surface area contributed by atoms with Gasteiger partial charge in [0.2, 0.25) is 0 Å². The largest absolute Gasteiger partial charge is 0.455 e. The Labute approximate surface area is 361 Å². The fourth-order valence-corrected chi connectivity index (χ4v) is 9.60. The number of rotatable bonds is 7. The topological polar surface area (TPSA) is 64.7 Å². The molecular formula is C56H34N4OS. The van der Waals surface area contributed by atoms with Crippen molar-refractivity contribution in [3.8, 4) is 78.7 Å². The van der Waals surface area contributed by atoms with Gasteiger partial charge in [0.05, 0.1) is 11.4 Å². The molecule has 4 heterocycles. The Morgan fingerprint density at radius 3 is 1.66 bits per heavy atom. The number of aromatic nitrogens is 4. The van der Waals surface area contributed by atoms with Crippen molar-refractivity contribution in [2.45, 2.75) is 0 Å². The van der Waals surface area contributed by atoms with Gasteiger partial charge in [0, 0.05) is 76.7 Å². The summed E-state index contributed by atoms with van der Waals surface area (Å²) in [4.78, 5) is 19.5. The summed E-state index contributed by atoms with van der Waals surface area (Å²) in [6.45, 7) is 0. The molecule has 0 bridgehead atoms. The van der Waals surface area contributed by atoms with Crippen molar-refractivity contribution in [2.24, 2.45) is 0 Å². The van der Waals surface area contributed by atoms with E-state index in [2.05, 4.69) is 149 Å². The van der Waals surface area contributed by atoms with Crippen molar-refractivity contribution in [1.29, 1.82) is 0 Å². The molecule has 0 aliphatic rings. The highest BCUT2D eigenvalue weighted by Gasteiger charge is 2.19. The molecule has 0 saturated carbocycles. The molecule has 0 aliphatic heterocycles. The number of hydrogen-bond donors (Lipinski definition) is 0. The quantitative estimate of drug-likeness (QED) is 0.160.